The first-order valence-corrected chi connectivity index (χ1v) is 8.53. The van der Waals surface area contributed by atoms with Gasteiger partial charge in [0.05, 0.1) is 14.2 Å². The van der Waals surface area contributed by atoms with E-state index in [-0.39, 0.29) is 5.91 Å². The molecule has 0 bridgehead atoms. The molecule has 3 aromatic rings. The molecule has 0 spiro atoms. The lowest BCUT2D eigenvalue weighted by Gasteiger charge is -2.19. The van der Waals surface area contributed by atoms with E-state index in [4.69, 9.17) is 9.47 Å². The van der Waals surface area contributed by atoms with Crippen LogP contribution in [0.2, 0.25) is 0 Å². The maximum atomic E-state index is 12.7. The molecule has 1 aromatic heterocycles. The summed E-state index contributed by atoms with van der Waals surface area (Å²) in [5.74, 6) is 1.40. The van der Waals surface area contributed by atoms with Crippen LogP contribution in [0.4, 0.5) is 0 Å². The highest BCUT2D eigenvalue weighted by atomic mass is 16.5. The van der Waals surface area contributed by atoms with E-state index in [0.29, 0.717) is 24.6 Å². The van der Waals surface area contributed by atoms with Crippen molar-refractivity contribution in [2.75, 3.05) is 21.3 Å². The van der Waals surface area contributed by atoms with Crippen molar-refractivity contribution < 1.29 is 14.3 Å². The zero-order valence-electron chi connectivity index (χ0n) is 15.7. The summed E-state index contributed by atoms with van der Waals surface area (Å²) in [7, 11) is 5.04. The third-order valence-electron chi connectivity index (χ3n) is 4.60. The van der Waals surface area contributed by atoms with Crippen molar-refractivity contribution in [2.45, 2.75) is 20.0 Å². The number of fused-ring (bicyclic) bond motifs is 1. The first-order valence-electron chi connectivity index (χ1n) is 8.53. The molecule has 0 saturated carbocycles. The zero-order chi connectivity index (χ0) is 18.7. The first kappa shape index (κ1) is 17.9. The van der Waals surface area contributed by atoms with Crippen LogP contribution in [0, 0.1) is 6.92 Å². The smallest absolute Gasteiger partial charge is 0.242 e. The molecular formula is C21H24N2O3. The molecule has 0 fully saturated rings. The van der Waals surface area contributed by atoms with Gasteiger partial charge in [-0.05, 0) is 42.1 Å². The molecule has 0 aliphatic heterocycles. The molecule has 0 radical (unpaired) electrons. The van der Waals surface area contributed by atoms with E-state index in [2.05, 4.69) is 16.7 Å². The molecule has 0 aliphatic rings. The average molecular weight is 352 g/mol. The Labute approximate surface area is 153 Å². The topological polar surface area (TPSA) is 43.7 Å². The molecular weight excluding hydrogens is 328 g/mol. The van der Waals surface area contributed by atoms with Crippen LogP contribution in [0.3, 0.4) is 0 Å². The molecule has 0 unspecified atom stereocenters. The second-order valence-electron chi connectivity index (χ2n) is 6.37. The molecule has 1 heterocycles. The van der Waals surface area contributed by atoms with Gasteiger partial charge in [-0.2, -0.15) is 0 Å². The number of hydrogen-bond acceptors (Lipinski definition) is 3. The van der Waals surface area contributed by atoms with E-state index in [1.807, 2.05) is 50.4 Å². The summed E-state index contributed by atoms with van der Waals surface area (Å²) in [4.78, 5) is 14.5. The van der Waals surface area contributed by atoms with E-state index < -0.39 is 0 Å². The third kappa shape index (κ3) is 3.52. The van der Waals surface area contributed by atoms with E-state index in [1.165, 1.54) is 0 Å². The van der Waals surface area contributed by atoms with Gasteiger partial charge < -0.3 is 18.9 Å². The van der Waals surface area contributed by atoms with Crippen LogP contribution < -0.4 is 9.47 Å². The maximum Gasteiger partial charge on any atom is 0.242 e. The normalized spacial score (nSPS) is 10.8. The third-order valence-corrected chi connectivity index (χ3v) is 4.60. The van der Waals surface area contributed by atoms with Crippen molar-refractivity contribution in [3.63, 3.8) is 0 Å². The molecule has 26 heavy (non-hydrogen) atoms. The monoisotopic (exact) mass is 352 g/mol. The van der Waals surface area contributed by atoms with Gasteiger partial charge in [0, 0.05) is 24.8 Å². The van der Waals surface area contributed by atoms with Crippen molar-refractivity contribution in [1.29, 1.82) is 0 Å². The van der Waals surface area contributed by atoms with Crippen LogP contribution in [0.1, 0.15) is 11.3 Å². The Balaban J connectivity index is 1.75. The van der Waals surface area contributed by atoms with Crippen LogP contribution in [-0.4, -0.2) is 36.6 Å². The van der Waals surface area contributed by atoms with Gasteiger partial charge in [-0.15, -0.1) is 0 Å². The van der Waals surface area contributed by atoms with E-state index in [0.717, 1.165) is 22.2 Å². The summed E-state index contributed by atoms with van der Waals surface area (Å²) in [5.41, 5.74) is 3.16. The number of aromatic nitrogens is 1. The number of para-hydroxylation sites is 1. The molecule has 136 valence electrons. The average Bonchev–Trinajstić information content (AvgIpc) is 2.97. The largest absolute Gasteiger partial charge is 0.493 e. The summed E-state index contributed by atoms with van der Waals surface area (Å²) in [6, 6.07) is 15.9. The van der Waals surface area contributed by atoms with E-state index >= 15 is 0 Å². The Morgan fingerprint density at radius 3 is 2.50 bits per heavy atom. The molecule has 0 N–H and O–H groups in total. The molecule has 5 nitrogen and oxygen atoms in total. The number of benzene rings is 2. The van der Waals surface area contributed by atoms with Crippen LogP contribution in [0.5, 0.6) is 11.5 Å². The van der Waals surface area contributed by atoms with E-state index in [1.54, 1.807) is 19.1 Å². The summed E-state index contributed by atoms with van der Waals surface area (Å²) in [5, 5.41) is 1.15. The summed E-state index contributed by atoms with van der Waals surface area (Å²) >= 11 is 0. The molecule has 0 atom stereocenters. The molecule has 5 heteroatoms. The number of methoxy groups -OCH3 is 2. The van der Waals surface area contributed by atoms with Gasteiger partial charge in [0.15, 0.2) is 11.5 Å². The van der Waals surface area contributed by atoms with Crippen molar-refractivity contribution in [2.24, 2.45) is 0 Å². The molecule has 1 amide bonds. The number of carbonyl (C=O) groups excluding carboxylic acids is 1. The van der Waals surface area contributed by atoms with Crippen molar-refractivity contribution in [1.82, 2.24) is 9.47 Å². The second kappa shape index (κ2) is 7.52. The fourth-order valence-electron chi connectivity index (χ4n) is 3.16. The lowest BCUT2D eigenvalue weighted by atomic mass is 10.2. The quantitative estimate of drug-likeness (QED) is 0.680. The van der Waals surface area contributed by atoms with Gasteiger partial charge in [0.1, 0.15) is 6.54 Å². The van der Waals surface area contributed by atoms with Crippen LogP contribution >= 0.6 is 0 Å². The number of hydrogen-bond donors (Lipinski definition) is 0. The minimum Gasteiger partial charge on any atom is -0.493 e. The number of rotatable bonds is 6. The lowest BCUT2D eigenvalue weighted by Crippen LogP contribution is -2.30. The second-order valence-corrected chi connectivity index (χ2v) is 6.37. The highest BCUT2D eigenvalue weighted by molar-refractivity contribution is 5.84. The fourth-order valence-corrected chi connectivity index (χ4v) is 3.16. The molecule has 3 rings (SSSR count). The Hall–Kier alpha value is -2.95. The Morgan fingerprint density at radius 1 is 1.04 bits per heavy atom. The van der Waals surface area contributed by atoms with Gasteiger partial charge in [0.2, 0.25) is 5.91 Å². The highest BCUT2D eigenvalue weighted by Gasteiger charge is 2.14. The summed E-state index contributed by atoms with van der Waals surface area (Å²) in [6.45, 7) is 2.86. The Kier molecular flexibility index (Phi) is 5.16. The maximum absolute atomic E-state index is 12.7. The predicted molar refractivity (Wildman–Crippen MR) is 103 cm³/mol. The van der Waals surface area contributed by atoms with Crippen molar-refractivity contribution in [3.05, 3.63) is 59.8 Å². The summed E-state index contributed by atoms with van der Waals surface area (Å²) in [6.07, 6.45) is 0. The number of nitrogens with zero attached hydrogens (tertiary/aromatic N) is 2. The number of amides is 1. The lowest BCUT2D eigenvalue weighted by molar-refractivity contribution is -0.131. The molecule has 0 saturated heterocycles. The summed E-state index contributed by atoms with van der Waals surface area (Å²) < 4.78 is 12.7. The Bertz CT molecular complexity index is 930. The number of aryl methyl sites for hydroxylation is 1. The Morgan fingerprint density at radius 2 is 1.77 bits per heavy atom. The van der Waals surface area contributed by atoms with Crippen molar-refractivity contribution in [3.8, 4) is 11.5 Å². The highest BCUT2D eigenvalue weighted by Crippen LogP contribution is 2.28. The number of ether oxygens (including phenoxy) is 2. The standard InChI is InChI=1S/C21H24N2O3/c1-15-11-17-7-5-6-8-18(17)23(15)14-21(24)22(2)13-16-9-10-19(25-3)20(12-16)26-4/h5-12H,13-14H2,1-4H3. The molecule has 0 aliphatic carbocycles. The minimum absolute atomic E-state index is 0.0595. The zero-order valence-corrected chi connectivity index (χ0v) is 15.7. The fraction of sp³-hybridized carbons (Fsp3) is 0.286. The van der Waals surface area contributed by atoms with Crippen LogP contribution in [-0.2, 0) is 17.9 Å². The van der Waals surface area contributed by atoms with Gasteiger partial charge in [0.25, 0.3) is 0 Å². The van der Waals surface area contributed by atoms with Gasteiger partial charge >= 0.3 is 0 Å². The van der Waals surface area contributed by atoms with Crippen LogP contribution in [0.15, 0.2) is 48.5 Å². The van der Waals surface area contributed by atoms with E-state index in [9.17, 15) is 4.79 Å². The van der Waals surface area contributed by atoms with Gasteiger partial charge in [-0.25, -0.2) is 0 Å². The SMILES string of the molecule is COc1ccc(CN(C)C(=O)Cn2c(C)cc3ccccc32)cc1OC. The number of likely N-dealkylation sites (N-methyl/N-ethyl adjacent to an activating group) is 1. The number of carbonyl (C=O) groups is 1. The van der Waals surface area contributed by atoms with Gasteiger partial charge in [-0.1, -0.05) is 24.3 Å². The van der Waals surface area contributed by atoms with Gasteiger partial charge in [-0.3, -0.25) is 4.79 Å². The van der Waals surface area contributed by atoms with Crippen molar-refractivity contribution >= 4 is 16.8 Å². The minimum atomic E-state index is 0.0595. The predicted octanol–water partition coefficient (Wildman–Crippen LogP) is 3.63. The molecule has 2 aromatic carbocycles. The first-order chi connectivity index (χ1) is 12.5. The van der Waals surface area contributed by atoms with Crippen LogP contribution in [0.25, 0.3) is 10.9 Å².